The number of aliphatic hydroxyl groups excluding tert-OH is 1. The van der Waals surface area contributed by atoms with Crippen molar-refractivity contribution in [2.75, 3.05) is 6.54 Å². The monoisotopic (exact) mass is 343 g/mol. The second-order valence-electron chi connectivity index (χ2n) is 7.24. The van der Waals surface area contributed by atoms with Gasteiger partial charge in [-0.25, -0.2) is 0 Å². The van der Waals surface area contributed by atoms with Crippen LogP contribution in [0.1, 0.15) is 79.1 Å². The van der Waals surface area contributed by atoms with Crippen molar-refractivity contribution in [3.05, 3.63) is 0 Å². The number of amides is 1. The standard InChI is InChI=1S/C18H33NO3S/c1-5-6-11-18(3,4)23-15-13-16(21)19(17(15)22)12-9-7-8-10-14(2)20/h15,17,22H,5-13H2,1-4H3. The second-order valence-corrected chi connectivity index (χ2v) is 9.18. The lowest BCUT2D eigenvalue weighted by atomic mass is 10.1. The highest BCUT2D eigenvalue weighted by Crippen LogP contribution is 2.39. The zero-order chi connectivity index (χ0) is 17.5. The van der Waals surface area contributed by atoms with Crippen molar-refractivity contribution in [1.29, 1.82) is 0 Å². The minimum Gasteiger partial charge on any atom is -0.372 e. The summed E-state index contributed by atoms with van der Waals surface area (Å²) < 4.78 is 0.0967. The molecule has 1 rings (SSSR count). The number of hydrogen-bond donors (Lipinski definition) is 1. The number of likely N-dealkylation sites (tertiary alicyclic amines) is 1. The molecule has 0 aromatic heterocycles. The predicted molar refractivity (Wildman–Crippen MR) is 96.5 cm³/mol. The van der Waals surface area contributed by atoms with E-state index in [1.165, 1.54) is 12.8 Å². The van der Waals surface area contributed by atoms with Crippen molar-refractivity contribution < 1.29 is 14.7 Å². The van der Waals surface area contributed by atoms with Crippen LogP contribution in [-0.2, 0) is 9.59 Å². The van der Waals surface area contributed by atoms with Gasteiger partial charge >= 0.3 is 0 Å². The summed E-state index contributed by atoms with van der Waals surface area (Å²) in [5, 5.41) is 10.5. The highest BCUT2D eigenvalue weighted by Gasteiger charge is 2.41. The second kappa shape index (κ2) is 9.67. The predicted octanol–water partition coefficient (Wildman–Crippen LogP) is 3.76. The minimum absolute atomic E-state index is 0.0217. The van der Waals surface area contributed by atoms with E-state index in [-0.39, 0.29) is 21.7 Å². The van der Waals surface area contributed by atoms with Crippen molar-refractivity contribution in [2.45, 2.75) is 95.3 Å². The lowest BCUT2D eigenvalue weighted by Crippen LogP contribution is -2.37. The van der Waals surface area contributed by atoms with E-state index in [2.05, 4.69) is 20.8 Å². The Morgan fingerprint density at radius 3 is 2.61 bits per heavy atom. The quantitative estimate of drug-likeness (QED) is 0.580. The number of ketones is 1. The average molecular weight is 344 g/mol. The van der Waals surface area contributed by atoms with Gasteiger partial charge in [-0.1, -0.05) is 40.0 Å². The van der Waals surface area contributed by atoms with E-state index in [0.29, 0.717) is 19.4 Å². The number of aliphatic hydroxyl groups is 1. The molecule has 0 saturated carbocycles. The van der Waals surface area contributed by atoms with Crippen molar-refractivity contribution in [1.82, 2.24) is 4.90 Å². The van der Waals surface area contributed by atoms with Crippen LogP contribution in [0.15, 0.2) is 0 Å². The largest absolute Gasteiger partial charge is 0.372 e. The van der Waals surface area contributed by atoms with Gasteiger partial charge in [-0.2, -0.15) is 0 Å². The van der Waals surface area contributed by atoms with E-state index in [1.807, 2.05) is 0 Å². The fourth-order valence-electron chi connectivity index (χ4n) is 3.01. The Morgan fingerprint density at radius 1 is 1.30 bits per heavy atom. The Morgan fingerprint density at radius 2 is 2.00 bits per heavy atom. The van der Waals surface area contributed by atoms with E-state index in [0.717, 1.165) is 25.7 Å². The summed E-state index contributed by atoms with van der Waals surface area (Å²) in [5.41, 5.74) is 0. The van der Waals surface area contributed by atoms with Crippen LogP contribution in [0.5, 0.6) is 0 Å². The molecule has 1 amide bonds. The van der Waals surface area contributed by atoms with Crippen LogP contribution in [0, 0.1) is 0 Å². The molecule has 1 N–H and O–H groups in total. The number of Topliss-reactive ketones (excluding diaryl/α,β-unsaturated/α-hetero) is 1. The lowest BCUT2D eigenvalue weighted by molar-refractivity contribution is -0.133. The summed E-state index contributed by atoms with van der Waals surface area (Å²) in [4.78, 5) is 24.7. The van der Waals surface area contributed by atoms with Crippen molar-refractivity contribution in [2.24, 2.45) is 0 Å². The SMILES string of the molecule is CCCCC(C)(C)SC1CC(=O)N(CCCCCC(C)=O)C1O. The van der Waals surface area contributed by atoms with Gasteiger partial charge in [-0.15, -0.1) is 11.8 Å². The molecule has 134 valence electrons. The summed E-state index contributed by atoms with van der Waals surface area (Å²) in [6.07, 6.45) is 6.49. The molecule has 1 aliphatic rings. The molecule has 4 nitrogen and oxygen atoms in total. The van der Waals surface area contributed by atoms with Gasteiger partial charge in [0.2, 0.25) is 5.91 Å². The zero-order valence-electron chi connectivity index (χ0n) is 15.1. The molecule has 0 aliphatic carbocycles. The Balaban J connectivity index is 2.40. The third-order valence-electron chi connectivity index (χ3n) is 4.38. The number of rotatable bonds is 11. The molecule has 0 aromatic carbocycles. The molecular formula is C18H33NO3S. The molecule has 0 aromatic rings. The van der Waals surface area contributed by atoms with Crippen LogP contribution >= 0.6 is 11.8 Å². The molecule has 5 heteroatoms. The van der Waals surface area contributed by atoms with E-state index in [1.54, 1.807) is 23.6 Å². The number of carbonyl (C=O) groups is 2. The molecule has 0 spiro atoms. The lowest BCUT2D eigenvalue weighted by Gasteiger charge is -2.30. The van der Waals surface area contributed by atoms with E-state index < -0.39 is 6.23 Å². The maximum atomic E-state index is 12.2. The molecular weight excluding hydrogens is 310 g/mol. The first-order chi connectivity index (χ1) is 10.8. The third kappa shape index (κ3) is 7.25. The summed E-state index contributed by atoms with van der Waals surface area (Å²) in [7, 11) is 0. The first-order valence-corrected chi connectivity index (χ1v) is 9.79. The van der Waals surface area contributed by atoms with Crippen molar-refractivity contribution >= 4 is 23.5 Å². The Hall–Kier alpha value is -0.550. The fourth-order valence-corrected chi connectivity index (χ4v) is 4.58. The number of nitrogens with zero attached hydrogens (tertiary/aromatic N) is 1. The van der Waals surface area contributed by atoms with Gasteiger partial charge < -0.3 is 14.8 Å². The number of carbonyl (C=O) groups excluding carboxylic acids is 2. The van der Waals surface area contributed by atoms with Gasteiger partial charge in [-0.3, -0.25) is 4.79 Å². The summed E-state index contributed by atoms with van der Waals surface area (Å²) in [5.74, 6) is 0.279. The summed E-state index contributed by atoms with van der Waals surface area (Å²) in [6, 6.07) is 0. The van der Waals surface area contributed by atoms with Gasteiger partial charge in [-0.05, 0) is 26.2 Å². The molecule has 0 radical (unpaired) electrons. The highest BCUT2D eigenvalue weighted by atomic mass is 32.2. The van der Waals surface area contributed by atoms with Crippen molar-refractivity contribution in [3.63, 3.8) is 0 Å². The number of thioether (sulfide) groups is 1. The molecule has 1 heterocycles. The minimum atomic E-state index is -0.666. The molecule has 23 heavy (non-hydrogen) atoms. The maximum Gasteiger partial charge on any atom is 0.225 e. The van der Waals surface area contributed by atoms with Gasteiger partial charge in [0.1, 0.15) is 12.0 Å². The first kappa shape index (κ1) is 20.5. The van der Waals surface area contributed by atoms with Gasteiger partial charge in [0.05, 0.1) is 5.25 Å². The van der Waals surface area contributed by atoms with Gasteiger partial charge in [0.25, 0.3) is 0 Å². The molecule has 1 saturated heterocycles. The molecule has 1 fully saturated rings. The van der Waals surface area contributed by atoms with Crippen LogP contribution in [0.4, 0.5) is 0 Å². The summed E-state index contributed by atoms with van der Waals surface area (Å²) in [6.45, 7) is 8.80. The Bertz CT molecular complexity index is 398. The smallest absolute Gasteiger partial charge is 0.225 e. The maximum absolute atomic E-state index is 12.2. The van der Waals surface area contributed by atoms with E-state index in [4.69, 9.17) is 0 Å². The molecule has 0 bridgehead atoms. The van der Waals surface area contributed by atoms with Crippen LogP contribution < -0.4 is 0 Å². The van der Waals surface area contributed by atoms with E-state index >= 15 is 0 Å². The molecule has 2 atom stereocenters. The third-order valence-corrected chi connectivity index (χ3v) is 5.93. The number of hydrogen-bond acceptors (Lipinski definition) is 4. The molecule has 2 unspecified atom stereocenters. The van der Waals surface area contributed by atoms with Crippen LogP contribution in [0.2, 0.25) is 0 Å². The van der Waals surface area contributed by atoms with Gasteiger partial charge in [0.15, 0.2) is 0 Å². The molecule has 1 aliphatic heterocycles. The topological polar surface area (TPSA) is 57.6 Å². The normalized spacial score (nSPS) is 22.0. The number of unbranched alkanes of at least 4 members (excludes halogenated alkanes) is 3. The summed E-state index contributed by atoms with van der Waals surface area (Å²) >= 11 is 1.76. The Kier molecular flexibility index (Phi) is 8.62. The average Bonchev–Trinajstić information content (AvgIpc) is 2.71. The van der Waals surface area contributed by atoms with Crippen molar-refractivity contribution in [3.8, 4) is 0 Å². The zero-order valence-corrected chi connectivity index (χ0v) is 16.0. The highest BCUT2D eigenvalue weighted by molar-refractivity contribution is 8.01. The first-order valence-electron chi connectivity index (χ1n) is 8.91. The van der Waals surface area contributed by atoms with E-state index in [9.17, 15) is 14.7 Å². The van der Waals surface area contributed by atoms with Crippen LogP contribution in [0.25, 0.3) is 0 Å². The van der Waals surface area contributed by atoms with Crippen LogP contribution in [-0.4, -0.2) is 44.5 Å². The fraction of sp³-hybridized carbons (Fsp3) is 0.889. The van der Waals surface area contributed by atoms with Crippen LogP contribution in [0.3, 0.4) is 0 Å². The Labute approximate surface area is 145 Å². The van der Waals surface area contributed by atoms with Gasteiger partial charge in [0, 0.05) is 24.1 Å².